The number of nitrogens with zero attached hydrogens (tertiary/aromatic N) is 1. The zero-order valence-corrected chi connectivity index (χ0v) is 9.87. The SMILES string of the molecule is O=C1C=CC(=O)C(c2cc(-c3ccccc3)on2)=C1. The van der Waals surface area contributed by atoms with Gasteiger partial charge < -0.3 is 4.52 Å². The fraction of sp³-hybridized carbons (Fsp3) is 0. The van der Waals surface area contributed by atoms with Crippen LogP contribution in [0.5, 0.6) is 0 Å². The van der Waals surface area contributed by atoms with Gasteiger partial charge >= 0.3 is 0 Å². The van der Waals surface area contributed by atoms with Crippen molar-refractivity contribution in [2.24, 2.45) is 0 Å². The third-order valence-corrected chi connectivity index (χ3v) is 2.80. The van der Waals surface area contributed by atoms with Gasteiger partial charge in [-0.1, -0.05) is 35.5 Å². The molecule has 2 aromatic rings. The standard InChI is InChI=1S/C15H9NO3/c17-11-6-7-14(18)12(8-11)13-9-15(19-16-13)10-4-2-1-3-5-10/h1-9H. The Morgan fingerprint density at radius 3 is 2.58 bits per heavy atom. The highest BCUT2D eigenvalue weighted by molar-refractivity contribution is 6.33. The molecule has 0 fully saturated rings. The minimum absolute atomic E-state index is 0.223. The van der Waals surface area contributed by atoms with E-state index in [4.69, 9.17) is 4.52 Å². The Morgan fingerprint density at radius 1 is 1.00 bits per heavy atom. The van der Waals surface area contributed by atoms with E-state index >= 15 is 0 Å². The van der Waals surface area contributed by atoms with Crippen molar-refractivity contribution in [3.8, 4) is 11.3 Å². The van der Waals surface area contributed by atoms with Crippen LogP contribution in [0.4, 0.5) is 0 Å². The molecule has 0 spiro atoms. The van der Waals surface area contributed by atoms with E-state index in [1.54, 1.807) is 6.07 Å². The molecule has 0 unspecified atom stereocenters. The minimum Gasteiger partial charge on any atom is -0.356 e. The molecule has 0 aliphatic heterocycles. The van der Waals surface area contributed by atoms with Crippen LogP contribution in [0.25, 0.3) is 16.9 Å². The number of allylic oxidation sites excluding steroid dienone is 4. The molecule has 0 atom stereocenters. The van der Waals surface area contributed by atoms with Crippen molar-refractivity contribution < 1.29 is 14.1 Å². The van der Waals surface area contributed by atoms with Crippen LogP contribution in [0.15, 0.2) is 59.1 Å². The molecule has 0 amide bonds. The molecule has 0 saturated heterocycles. The quantitative estimate of drug-likeness (QED) is 0.769. The van der Waals surface area contributed by atoms with Crippen LogP contribution >= 0.6 is 0 Å². The van der Waals surface area contributed by atoms with Gasteiger partial charge in [-0.2, -0.15) is 0 Å². The lowest BCUT2D eigenvalue weighted by atomic mass is 10.0. The Morgan fingerprint density at radius 2 is 1.79 bits per heavy atom. The number of hydrogen-bond donors (Lipinski definition) is 0. The first-order valence-electron chi connectivity index (χ1n) is 5.74. The third kappa shape index (κ3) is 2.15. The normalized spacial score (nSPS) is 14.6. The van der Waals surface area contributed by atoms with Gasteiger partial charge in [-0.05, 0) is 18.2 Å². The van der Waals surface area contributed by atoms with Crippen molar-refractivity contribution in [2.45, 2.75) is 0 Å². The van der Waals surface area contributed by atoms with E-state index in [1.165, 1.54) is 18.2 Å². The monoisotopic (exact) mass is 251 g/mol. The molecule has 1 aliphatic carbocycles. The number of ketones is 2. The molecule has 4 heteroatoms. The number of carbonyl (C=O) groups is 2. The van der Waals surface area contributed by atoms with E-state index in [2.05, 4.69) is 5.16 Å². The summed E-state index contributed by atoms with van der Waals surface area (Å²) in [6, 6.07) is 11.1. The predicted octanol–water partition coefficient (Wildman–Crippen LogP) is 2.43. The lowest BCUT2D eigenvalue weighted by Crippen LogP contribution is -2.06. The van der Waals surface area contributed by atoms with Crippen molar-refractivity contribution in [3.05, 3.63) is 60.3 Å². The van der Waals surface area contributed by atoms with Gasteiger partial charge in [0.25, 0.3) is 0 Å². The van der Waals surface area contributed by atoms with Crippen molar-refractivity contribution in [3.63, 3.8) is 0 Å². The smallest absolute Gasteiger partial charge is 0.188 e. The van der Waals surface area contributed by atoms with E-state index < -0.39 is 0 Å². The fourth-order valence-corrected chi connectivity index (χ4v) is 1.85. The molecule has 0 N–H and O–H groups in total. The minimum atomic E-state index is -0.243. The number of rotatable bonds is 2. The van der Waals surface area contributed by atoms with Gasteiger partial charge in [0, 0.05) is 11.6 Å². The van der Waals surface area contributed by atoms with Crippen LogP contribution in [0.2, 0.25) is 0 Å². The van der Waals surface area contributed by atoms with E-state index in [1.807, 2.05) is 30.3 Å². The molecular formula is C15H9NO3. The van der Waals surface area contributed by atoms with Gasteiger partial charge in [-0.25, -0.2) is 0 Å². The first-order valence-corrected chi connectivity index (χ1v) is 5.74. The van der Waals surface area contributed by atoms with Crippen molar-refractivity contribution in [1.29, 1.82) is 0 Å². The largest absolute Gasteiger partial charge is 0.356 e. The Labute approximate surface area is 109 Å². The third-order valence-electron chi connectivity index (χ3n) is 2.80. The Balaban J connectivity index is 1.98. The molecule has 92 valence electrons. The molecule has 0 bridgehead atoms. The summed E-state index contributed by atoms with van der Waals surface area (Å²) < 4.78 is 5.21. The van der Waals surface area contributed by atoms with Gasteiger partial charge in [-0.15, -0.1) is 0 Å². The van der Waals surface area contributed by atoms with Crippen LogP contribution in [-0.2, 0) is 9.59 Å². The van der Waals surface area contributed by atoms with Crippen LogP contribution in [-0.4, -0.2) is 16.7 Å². The van der Waals surface area contributed by atoms with Crippen LogP contribution in [0.1, 0.15) is 5.69 Å². The van der Waals surface area contributed by atoms with E-state index in [0.29, 0.717) is 11.5 Å². The van der Waals surface area contributed by atoms with Gasteiger partial charge in [-0.3, -0.25) is 9.59 Å². The summed E-state index contributed by atoms with van der Waals surface area (Å²) in [5.74, 6) is 0.0951. The van der Waals surface area contributed by atoms with Crippen molar-refractivity contribution in [2.75, 3.05) is 0 Å². The summed E-state index contributed by atoms with van der Waals surface area (Å²) in [7, 11) is 0. The zero-order valence-electron chi connectivity index (χ0n) is 9.87. The summed E-state index contributed by atoms with van der Waals surface area (Å²) >= 11 is 0. The highest BCUT2D eigenvalue weighted by Gasteiger charge is 2.19. The summed E-state index contributed by atoms with van der Waals surface area (Å²) in [6.07, 6.45) is 3.76. The first-order chi connectivity index (χ1) is 9.24. The first kappa shape index (κ1) is 11.3. The molecule has 0 radical (unpaired) electrons. The molecule has 1 aliphatic rings. The number of benzene rings is 1. The van der Waals surface area contributed by atoms with Gasteiger partial charge in [0.2, 0.25) is 0 Å². The summed E-state index contributed by atoms with van der Waals surface area (Å²) in [6.45, 7) is 0. The molecule has 1 heterocycles. The maximum atomic E-state index is 11.7. The second-order valence-electron chi connectivity index (χ2n) is 4.10. The van der Waals surface area contributed by atoms with Gasteiger partial charge in [0.05, 0.1) is 5.57 Å². The number of hydrogen-bond acceptors (Lipinski definition) is 4. The Bertz CT molecular complexity index is 708. The van der Waals surface area contributed by atoms with E-state index in [0.717, 1.165) is 5.56 Å². The second-order valence-corrected chi connectivity index (χ2v) is 4.10. The zero-order chi connectivity index (χ0) is 13.2. The molecule has 0 saturated carbocycles. The topological polar surface area (TPSA) is 60.2 Å². The number of carbonyl (C=O) groups excluding carboxylic acids is 2. The van der Waals surface area contributed by atoms with Gasteiger partial charge in [0.15, 0.2) is 17.3 Å². The van der Waals surface area contributed by atoms with Crippen LogP contribution in [0, 0.1) is 0 Å². The van der Waals surface area contributed by atoms with Crippen molar-refractivity contribution >= 4 is 17.1 Å². The van der Waals surface area contributed by atoms with Crippen molar-refractivity contribution in [1.82, 2.24) is 5.16 Å². The molecule has 3 rings (SSSR count). The summed E-state index contributed by atoms with van der Waals surface area (Å²) in [5.41, 5.74) is 1.51. The van der Waals surface area contributed by atoms with E-state index in [-0.39, 0.29) is 17.1 Å². The average Bonchev–Trinajstić information content (AvgIpc) is 2.92. The maximum absolute atomic E-state index is 11.7. The van der Waals surface area contributed by atoms with Crippen LogP contribution in [0.3, 0.4) is 0 Å². The molecule has 4 nitrogen and oxygen atoms in total. The molecule has 1 aromatic carbocycles. The Kier molecular flexibility index (Phi) is 2.68. The Hall–Kier alpha value is -2.75. The maximum Gasteiger partial charge on any atom is 0.188 e. The number of aromatic nitrogens is 1. The van der Waals surface area contributed by atoms with Gasteiger partial charge in [0.1, 0.15) is 5.69 Å². The predicted molar refractivity (Wildman–Crippen MR) is 69.1 cm³/mol. The summed E-state index contributed by atoms with van der Waals surface area (Å²) in [5, 5.41) is 3.85. The van der Waals surface area contributed by atoms with Crippen LogP contribution < -0.4 is 0 Å². The highest BCUT2D eigenvalue weighted by Crippen LogP contribution is 2.25. The average molecular weight is 251 g/mol. The molecule has 1 aromatic heterocycles. The fourth-order valence-electron chi connectivity index (χ4n) is 1.85. The summed E-state index contributed by atoms with van der Waals surface area (Å²) in [4.78, 5) is 23.0. The molecule has 19 heavy (non-hydrogen) atoms. The lowest BCUT2D eigenvalue weighted by Gasteiger charge is -2.01. The molecular weight excluding hydrogens is 242 g/mol. The lowest BCUT2D eigenvalue weighted by molar-refractivity contribution is -0.113. The highest BCUT2D eigenvalue weighted by atomic mass is 16.5. The van der Waals surface area contributed by atoms with E-state index in [9.17, 15) is 9.59 Å². The second kappa shape index (κ2) is 4.49.